The second kappa shape index (κ2) is 6.41. The fourth-order valence-electron chi connectivity index (χ4n) is 2.48. The van der Waals surface area contributed by atoms with E-state index in [2.05, 4.69) is 15.3 Å². The van der Waals surface area contributed by atoms with Gasteiger partial charge < -0.3 is 10.1 Å². The molecular weight excluding hydrogens is 292 g/mol. The maximum Gasteiger partial charge on any atom is 0.271 e. The quantitative estimate of drug-likeness (QED) is 0.937. The number of carbonyl (C=O) groups excluding carboxylic acids is 1. The lowest BCUT2D eigenvalue weighted by Crippen LogP contribution is -2.28. The summed E-state index contributed by atoms with van der Waals surface area (Å²) in [5.41, 5.74) is 0.352. The Kier molecular flexibility index (Phi) is 4.36. The molecule has 0 spiro atoms. The normalized spacial score (nSPS) is 18.8. The Morgan fingerprint density at radius 3 is 3.24 bits per heavy atom. The molecule has 1 amide bonds. The maximum atomic E-state index is 12.1. The van der Waals surface area contributed by atoms with Crippen molar-refractivity contribution in [3.8, 4) is 0 Å². The lowest BCUT2D eigenvalue weighted by Gasteiger charge is -2.21. The molecule has 0 aliphatic carbocycles. The number of imidazole rings is 1. The minimum Gasteiger partial charge on any atom is -0.381 e. The molecule has 3 rings (SSSR count). The number of carbonyl (C=O) groups is 1. The van der Waals surface area contributed by atoms with Gasteiger partial charge in [0.25, 0.3) is 5.91 Å². The molecule has 1 unspecified atom stereocenters. The van der Waals surface area contributed by atoms with Crippen molar-refractivity contribution in [1.82, 2.24) is 19.7 Å². The van der Waals surface area contributed by atoms with E-state index < -0.39 is 0 Å². The molecule has 1 saturated heterocycles. The molecule has 21 heavy (non-hydrogen) atoms. The monoisotopic (exact) mass is 308 g/mol. The molecule has 1 N–H and O–H groups in total. The summed E-state index contributed by atoms with van der Waals surface area (Å²) < 4.78 is 7.07. The molecule has 0 radical (unpaired) electrons. The van der Waals surface area contributed by atoms with E-state index in [-0.39, 0.29) is 5.91 Å². The average Bonchev–Trinajstić information content (AvgIpc) is 2.91. The van der Waals surface area contributed by atoms with Gasteiger partial charge in [0.15, 0.2) is 0 Å². The number of rotatable bonds is 4. The highest BCUT2D eigenvalue weighted by molar-refractivity contribution is 6.30. The third-order valence-electron chi connectivity index (χ3n) is 3.60. The Morgan fingerprint density at radius 2 is 2.43 bits per heavy atom. The fourth-order valence-corrected chi connectivity index (χ4v) is 2.64. The Hall–Kier alpha value is -1.66. The number of fused-ring (bicyclic) bond motifs is 1. The Labute approximate surface area is 127 Å². The summed E-state index contributed by atoms with van der Waals surface area (Å²) in [4.78, 5) is 20.3. The summed E-state index contributed by atoms with van der Waals surface area (Å²) in [5, 5.41) is 3.39. The van der Waals surface area contributed by atoms with Gasteiger partial charge in [0, 0.05) is 32.2 Å². The number of ether oxygens (including phenoxy) is 1. The summed E-state index contributed by atoms with van der Waals surface area (Å²) in [7, 11) is 0. The second-order valence-electron chi connectivity index (χ2n) is 5.23. The molecule has 7 heteroatoms. The highest BCUT2D eigenvalue weighted by Crippen LogP contribution is 2.16. The van der Waals surface area contributed by atoms with Crippen molar-refractivity contribution >= 4 is 23.3 Å². The third kappa shape index (κ3) is 3.51. The maximum absolute atomic E-state index is 12.1. The van der Waals surface area contributed by atoms with Gasteiger partial charge >= 0.3 is 0 Å². The Morgan fingerprint density at radius 1 is 1.52 bits per heavy atom. The topological polar surface area (TPSA) is 68.5 Å². The number of aromatic nitrogens is 3. The standard InChI is InChI=1S/C14H17ClN4O2/c15-11-6-17-14-18-12(8-19(14)7-11)13(20)16-4-3-10-2-1-5-21-9-10/h6-8,10H,1-5,9H2,(H,16,20). The van der Waals surface area contributed by atoms with Crippen LogP contribution < -0.4 is 5.32 Å². The van der Waals surface area contributed by atoms with Gasteiger partial charge in [-0.05, 0) is 25.2 Å². The molecule has 112 valence electrons. The van der Waals surface area contributed by atoms with Gasteiger partial charge in [0.05, 0.1) is 11.2 Å². The van der Waals surface area contributed by atoms with E-state index in [0.717, 1.165) is 26.1 Å². The van der Waals surface area contributed by atoms with E-state index in [4.69, 9.17) is 16.3 Å². The van der Waals surface area contributed by atoms with Gasteiger partial charge in [-0.2, -0.15) is 0 Å². The molecule has 1 atom stereocenters. The van der Waals surface area contributed by atoms with Crippen molar-refractivity contribution in [2.75, 3.05) is 19.8 Å². The van der Waals surface area contributed by atoms with Crippen LogP contribution in [-0.2, 0) is 4.74 Å². The Bertz CT molecular complexity index is 637. The number of halogens is 1. The summed E-state index contributed by atoms with van der Waals surface area (Å²) >= 11 is 5.85. The average molecular weight is 309 g/mol. The zero-order chi connectivity index (χ0) is 14.7. The molecule has 0 saturated carbocycles. The van der Waals surface area contributed by atoms with Crippen LogP contribution in [0.4, 0.5) is 0 Å². The highest BCUT2D eigenvalue weighted by Gasteiger charge is 2.15. The molecule has 1 fully saturated rings. The summed E-state index contributed by atoms with van der Waals surface area (Å²) in [6.07, 6.45) is 8.03. The van der Waals surface area contributed by atoms with Crippen molar-refractivity contribution in [2.45, 2.75) is 19.3 Å². The van der Waals surface area contributed by atoms with E-state index in [9.17, 15) is 4.79 Å². The summed E-state index contributed by atoms with van der Waals surface area (Å²) in [5.74, 6) is 0.819. The van der Waals surface area contributed by atoms with Crippen LogP contribution in [0, 0.1) is 5.92 Å². The van der Waals surface area contributed by atoms with Crippen LogP contribution in [0.3, 0.4) is 0 Å². The number of hydrogen-bond acceptors (Lipinski definition) is 4. The largest absolute Gasteiger partial charge is 0.381 e. The fraction of sp³-hybridized carbons (Fsp3) is 0.500. The number of nitrogens with one attached hydrogen (secondary N) is 1. The van der Waals surface area contributed by atoms with Gasteiger partial charge in [0.1, 0.15) is 5.69 Å². The van der Waals surface area contributed by atoms with Crippen LogP contribution in [0.2, 0.25) is 5.02 Å². The number of nitrogens with zero attached hydrogens (tertiary/aromatic N) is 3. The molecule has 1 aliphatic rings. The van der Waals surface area contributed by atoms with Crippen LogP contribution in [0.15, 0.2) is 18.6 Å². The van der Waals surface area contributed by atoms with Gasteiger partial charge in [-0.3, -0.25) is 9.20 Å². The number of amides is 1. The molecule has 1 aliphatic heterocycles. The SMILES string of the molecule is O=C(NCCC1CCCOC1)c1cn2cc(Cl)cnc2n1. The van der Waals surface area contributed by atoms with Gasteiger partial charge in [0.2, 0.25) is 5.78 Å². The molecule has 3 heterocycles. The zero-order valence-electron chi connectivity index (χ0n) is 11.6. The van der Waals surface area contributed by atoms with E-state index in [1.54, 1.807) is 16.8 Å². The molecule has 2 aromatic heterocycles. The van der Waals surface area contributed by atoms with Crippen molar-refractivity contribution in [3.05, 3.63) is 29.3 Å². The van der Waals surface area contributed by atoms with Crippen LogP contribution >= 0.6 is 11.6 Å². The van der Waals surface area contributed by atoms with E-state index in [1.165, 1.54) is 12.6 Å². The first-order chi connectivity index (χ1) is 10.2. The highest BCUT2D eigenvalue weighted by atomic mass is 35.5. The molecule has 0 aromatic carbocycles. The first-order valence-electron chi connectivity index (χ1n) is 7.08. The predicted octanol–water partition coefficient (Wildman–Crippen LogP) is 1.93. The minimum atomic E-state index is -0.187. The van der Waals surface area contributed by atoms with E-state index >= 15 is 0 Å². The molecule has 2 aromatic rings. The molecule has 0 bridgehead atoms. The van der Waals surface area contributed by atoms with Crippen LogP contribution in [0.5, 0.6) is 0 Å². The van der Waals surface area contributed by atoms with Gasteiger partial charge in [-0.25, -0.2) is 9.97 Å². The number of hydrogen-bond donors (Lipinski definition) is 1. The molecule has 6 nitrogen and oxygen atoms in total. The smallest absolute Gasteiger partial charge is 0.271 e. The summed E-state index contributed by atoms with van der Waals surface area (Å²) in [6, 6.07) is 0. The van der Waals surface area contributed by atoms with Crippen LogP contribution in [0.25, 0.3) is 5.78 Å². The van der Waals surface area contributed by atoms with Crippen molar-refractivity contribution in [3.63, 3.8) is 0 Å². The van der Waals surface area contributed by atoms with Gasteiger partial charge in [-0.1, -0.05) is 11.6 Å². The first-order valence-corrected chi connectivity index (χ1v) is 7.46. The Balaban J connectivity index is 1.56. The van der Waals surface area contributed by atoms with E-state index in [0.29, 0.717) is 29.0 Å². The predicted molar refractivity (Wildman–Crippen MR) is 78.5 cm³/mol. The lowest BCUT2D eigenvalue weighted by molar-refractivity contribution is 0.0514. The van der Waals surface area contributed by atoms with Crippen LogP contribution in [0.1, 0.15) is 29.8 Å². The van der Waals surface area contributed by atoms with Crippen LogP contribution in [-0.4, -0.2) is 40.0 Å². The van der Waals surface area contributed by atoms with Crippen molar-refractivity contribution in [1.29, 1.82) is 0 Å². The summed E-state index contributed by atoms with van der Waals surface area (Å²) in [6.45, 7) is 2.29. The zero-order valence-corrected chi connectivity index (χ0v) is 12.3. The van der Waals surface area contributed by atoms with Crippen molar-refractivity contribution < 1.29 is 9.53 Å². The van der Waals surface area contributed by atoms with E-state index in [1.807, 2.05) is 0 Å². The lowest BCUT2D eigenvalue weighted by atomic mass is 9.99. The van der Waals surface area contributed by atoms with Crippen molar-refractivity contribution in [2.24, 2.45) is 5.92 Å². The second-order valence-corrected chi connectivity index (χ2v) is 5.67. The minimum absolute atomic E-state index is 0.187. The first kappa shape index (κ1) is 14.3. The van der Waals surface area contributed by atoms with Gasteiger partial charge in [-0.15, -0.1) is 0 Å². The molecular formula is C14H17ClN4O2. The third-order valence-corrected chi connectivity index (χ3v) is 3.80.